The van der Waals surface area contributed by atoms with Crippen LogP contribution in [-0.2, 0) is 16.2 Å². The van der Waals surface area contributed by atoms with Crippen LogP contribution in [0.25, 0.3) is 6.08 Å². The molecule has 0 bridgehead atoms. The average Bonchev–Trinajstić information content (AvgIpc) is 3.45. The van der Waals surface area contributed by atoms with Crippen molar-refractivity contribution in [3.8, 4) is 11.5 Å². The average molecular weight is 485 g/mol. The number of hydrogen-bond acceptors (Lipinski definition) is 6. The smallest absolute Gasteiger partial charge is 0.294 e. The Hall–Kier alpha value is -3.33. The molecule has 0 aliphatic carbocycles. The van der Waals surface area contributed by atoms with Crippen LogP contribution in [0.3, 0.4) is 0 Å². The minimum Gasteiger partial charge on any atom is -0.490 e. The lowest BCUT2D eigenvalue weighted by Gasteiger charge is -2.18. The Bertz CT molecular complexity index is 1110. The number of amides is 3. The molecule has 0 atom stereocenters. The fraction of sp³-hybridized carbons (Fsp3) is 0.320. The lowest BCUT2D eigenvalue weighted by atomic mass is 10.1. The van der Waals surface area contributed by atoms with Gasteiger partial charge in [0, 0.05) is 13.1 Å². The van der Waals surface area contributed by atoms with Crippen LogP contribution in [0.4, 0.5) is 9.18 Å². The van der Waals surface area contributed by atoms with E-state index in [0.29, 0.717) is 36.8 Å². The monoisotopic (exact) mass is 484 g/mol. The van der Waals surface area contributed by atoms with Crippen LogP contribution in [0.15, 0.2) is 47.4 Å². The van der Waals surface area contributed by atoms with Gasteiger partial charge in [0.25, 0.3) is 11.1 Å². The highest BCUT2D eigenvalue weighted by molar-refractivity contribution is 8.18. The summed E-state index contributed by atoms with van der Waals surface area (Å²) in [6.07, 6.45) is 3.50. The summed E-state index contributed by atoms with van der Waals surface area (Å²) in [7, 11) is 0. The summed E-state index contributed by atoms with van der Waals surface area (Å²) >= 11 is 0.818. The van der Waals surface area contributed by atoms with E-state index in [-0.39, 0.29) is 29.8 Å². The van der Waals surface area contributed by atoms with E-state index >= 15 is 0 Å². The summed E-state index contributed by atoms with van der Waals surface area (Å²) in [5.74, 6) is 0.00172. The zero-order valence-corrected chi connectivity index (χ0v) is 19.6. The number of carbonyl (C=O) groups excluding carboxylic acids is 3. The summed E-state index contributed by atoms with van der Waals surface area (Å²) < 4.78 is 24.6. The predicted octanol–water partition coefficient (Wildman–Crippen LogP) is 4.46. The fourth-order valence-corrected chi connectivity index (χ4v) is 4.57. The summed E-state index contributed by atoms with van der Waals surface area (Å²) in [4.78, 5) is 40.5. The summed E-state index contributed by atoms with van der Waals surface area (Å²) in [5, 5.41) is -0.451. The van der Waals surface area contributed by atoms with Crippen LogP contribution in [0.5, 0.6) is 11.5 Å². The molecule has 0 saturated carbocycles. The number of carbonyl (C=O) groups is 3. The number of rotatable bonds is 8. The first-order valence-corrected chi connectivity index (χ1v) is 11.9. The molecular formula is C25H25FN2O5S. The van der Waals surface area contributed by atoms with E-state index in [1.165, 1.54) is 12.1 Å². The minimum atomic E-state index is -0.475. The van der Waals surface area contributed by atoms with Gasteiger partial charge < -0.3 is 14.4 Å². The van der Waals surface area contributed by atoms with Crippen LogP contribution in [0.2, 0.25) is 0 Å². The highest BCUT2D eigenvalue weighted by Crippen LogP contribution is 2.35. The molecule has 7 nitrogen and oxygen atoms in total. The first kappa shape index (κ1) is 23.8. The van der Waals surface area contributed by atoms with Gasteiger partial charge in [-0.1, -0.05) is 18.2 Å². The van der Waals surface area contributed by atoms with Crippen LogP contribution in [0.1, 0.15) is 30.9 Å². The second-order valence-electron chi connectivity index (χ2n) is 7.91. The van der Waals surface area contributed by atoms with Crippen molar-refractivity contribution in [3.63, 3.8) is 0 Å². The van der Waals surface area contributed by atoms with Crippen molar-refractivity contribution in [1.82, 2.24) is 9.80 Å². The molecule has 34 heavy (non-hydrogen) atoms. The van der Waals surface area contributed by atoms with Gasteiger partial charge in [-0.05, 0) is 73.0 Å². The standard InChI is InChI=1S/C25H25FN2O5S/c1-2-32-21-13-18(7-10-20(21)33-16-17-5-8-19(26)9-6-17)14-22-24(30)28(25(31)34-22)15-23(29)27-11-3-4-12-27/h5-10,13-14H,2-4,11-12,15-16H2,1H3/b22-14+. The second-order valence-corrected chi connectivity index (χ2v) is 8.90. The van der Waals surface area contributed by atoms with Crippen LogP contribution >= 0.6 is 11.8 Å². The van der Waals surface area contributed by atoms with E-state index in [1.54, 1.807) is 41.3 Å². The topological polar surface area (TPSA) is 76.2 Å². The Kier molecular flexibility index (Phi) is 7.52. The van der Waals surface area contributed by atoms with Crippen molar-refractivity contribution in [2.45, 2.75) is 26.4 Å². The molecule has 0 N–H and O–H groups in total. The molecule has 2 aliphatic rings. The van der Waals surface area contributed by atoms with Crippen LogP contribution in [-0.4, -0.2) is 53.1 Å². The third-order valence-electron chi connectivity index (χ3n) is 5.50. The fourth-order valence-electron chi connectivity index (χ4n) is 3.73. The maximum Gasteiger partial charge on any atom is 0.294 e. The van der Waals surface area contributed by atoms with Gasteiger partial charge in [-0.15, -0.1) is 0 Å². The quantitative estimate of drug-likeness (QED) is 0.515. The number of halogens is 1. The maximum atomic E-state index is 13.1. The van der Waals surface area contributed by atoms with Gasteiger partial charge in [-0.2, -0.15) is 0 Å². The van der Waals surface area contributed by atoms with Crippen LogP contribution < -0.4 is 9.47 Å². The van der Waals surface area contributed by atoms with Gasteiger partial charge >= 0.3 is 0 Å². The molecule has 3 amide bonds. The van der Waals surface area contributed by atoms with Crippen molar-refractivity contribution >= 4 is 34.9 Å². The van der Waals surface area contributed by atoms with Gasteiger partial charge in [-0.3, -0.25) is 19.3 Å². The summed E-state index contributed by atoms with van der Waals surface area (Å²) in [6.45, 7) is 3.60. The molecule has 2 saturated heterocycles. The third-order valence-corrected chi connectivity index (χ3v) is 6.41. The normalized spacial score (nSPS) is 17.1. The predicted molar refractivity (Wildman–Crippen MR) is 127 cm³/mol. The maximum absolute atomic E-state index is 13.1. The zero-order chi connectivity index (χ0) is 24.1. The largest absolute Gasteiger partial charge is 0.490 e. The van der Waals surface area contributed by atoms with Crippen molar-refractivity contribution in [1.29, 1.82) is 0 Å². The molecule has 2 fully saturated rings. The lowest BCUT2D eigenvalue weighted by Crippen LogP contribution is -2.40. The van der Waals surface area contributed by atoms with Gasteiger partial charge in [0.2, 0.25) is 5.91 Å². The van der Waals surface area contributed by atoms with Crippen molar-refractivity contribution in [2.24, 2.45) is 0 Å². The van der Waals surface area contributed by atoms with Crippen molar-refractivity contribution in [3.05, 3.63) is 64.3 Å². The van der Waals surface area contributed by atoms with E-state index in [1.807, 2.05) is 6.92 Å². The molecule has 0 unspecified atom stereocenters. The van der Waals surface area contributed by atoms with E-state index in [9.17, 15) is 18.8 Å². The number of ether oxygens (including phenoxy) is 2. The highest BCUT2D eigenvalue weighted by atomic mass is 32.2. The summed E-state index contributed by atoms with van der Waals surface area (Å²) in [6, 6.07) is 11.2. The van der Waals surface area contributed by atoms with E-state index < -0.39 is 11.1 Å². The Morgan fingerprint density at radius 1 is 1.06 bits per heavy atom. The number of thioether (sulfide) groups is 1. The van der Waals surface area contributed by atoms with E-state index in [2.05, 4.69) is 0 Å². The summed E-state index contributed by atoms with van der Waals surface area (Å²) in [5.41, 5.74) is 1.47. The lowest BCUT2D eigenvalue weighted by molar-refractivity contribution is -0.135. The Morgan fingerprint density at radius 3 is 2.50 bits per heavy atom. The number of hydrogen-bond donors (Lipinski definition) is 0. The van der Waals surface area contributed by atoms with E-state index in [0.717, 1.165) is 35.1 Å². The third kappa shape index (κ3) is 5.59. The van der Waals surface area contributed by atoms with Crippen molar-refractivity contribution in [2.75, 3.05) is 26.2 Å². The second kappa shape index (κ2) is 10.7. The molecule has 4 rings (SSSR count). The molecule has 2 aliphatic heterocycles. The molecule has 178 valence electrons. The SMILES string of the molecule is CCOc1cc(/C=C2/SC(=O)N(CC(=O)N3CCCC3)C2=O)ccc1OCc1ccc(F)cc1. The Morgan fingerprint density at radius 2 is 1.79 bits per heavy atom. The van der Waals surface area contributed by atoms with E-state index in [4.69, 9.17) is 9.47 Å². The number of likely N-dealkylation sites (tertiary alicyclic amines) is 1. The Labute approximate surface area is 201 Å². The molecule has 2 heterocycles. The minimum absolute atomic E-state index is 0.206. The molecule has 9 heteroatoms. The zero-order valence-electron chi connectivity index (χ0n) is 18.8. The number of imide groups is 1. The van der Waals surface area contributed by atoms with Gasteiger partial charge in [0.05, 0.1) is 11.5 Å². The van der Waals surface area contributed by atoms with Gasteiger partial charge in [-0.25, -0.2) is 4.39 Å². The molecule has 0 aromatic heterocycles. The first-order chi connectivity index (χ1) is 16.4. The highest BCUT2D eigenvalue weighted by Gasteiger charge is 2.37. The number of benzene rings is 2. The molecule has 0 spiro atoms. The number of nitrogens with zero attached hydrogens (tertiary/aromatic N) is 2. The van der Waals surface area contributed by atoms with Gasteiger partial charge in [0.1, 0.15) is 19.0 Å². The van der Waals surface area contributed by atoms with Crippen LogP contribution in [0, 0.1) is 5.82 Å². The van der Waals surface area contributed by atoms with Gasteiger partial charge in [0.15, 0.2) is 11.5 Å². The molecule has 0 radical (unpaired) electrons. The molecule has 2 aromatic rings. The Balaban J connectivity index is 1.46. The molecular weight excluding hydrogens is 459 g/mol. The first-order valence-electron chi connectivity index (χ1n) is 11.1. The molecule has 2 aromatic carbocycles. The van der Waals surface area contributed by atoms with Crippen molar-refractivity contribution < 1.29 is 28.2 Å².